The SMILES string of the molecule is NCC(C1CCCOC1)N1CCN(c2ccccc2)CC1. The van der Waals surface area contributed by atoms with Crippen molar-refractivity contribution in [1.29, 1.82) is 0 Å². The lowest BCUT2D eigenvalue weighted by Gasteiger charge is -2.43. The molecule has 2 atom stereocenters. The van der Waals surface area contributed by atoms with Gasteiger partial charge in [0.15, 0.2) is 0 Å². The molecule has 0 amide bonds. The van der Waals surface area contributed by atoms with Gasteiger partial charge < -0.3 is 15.4 Å². The van der Waals surface area contributed by atoms with Crippen LogP contribution in [0.2, 0.25) is 0 Å². The fraction of sp³-hybridized carbons (Fsp3) is 0.647. The van der Waals surface area contributed by atoms with Crippen molar-refractivity contribution in [2.75, 3.05) is 50.8 Å². The lowest BCUT2D eigenvalue weighted by atomic mass is 9.92. The first-order valence-corrected chi connectivity index (χ1v) is 8.20. The summed E-state index contributed by atoms with van der Waals surface area (Å²) in [6, 6.07) is 11.2. The van der Waals surface area contributed by atoms with Gasteiger partial charge in [-0.05, 0) is 30.9 Å². The van der Waals surface area contributed by atoms with Crippen molar-refractivity contribution in [3.63, 3.8) is 0 Å². The van der Waals surface area contributed by atoms with Crippen LogP contribution < -0.4 is 10.6 Å². The van der Waals surface area contributed by atoms with Gasteiger partial charge in [0.2, 0.25) is 0 Å². The summed E-state index contributed by atoms with van der Waals surface area (Å²) >= 11 is 0. The van der Waals surface area contributed by atoms with E-state index in [0.29, 0.717) is 12.0 Å². The van der Waals surface area contributed by atoms with E-state index in [-0.39, 0.29) is 0 Å². The van der Waals surface area contributed by atoms with E-state index in [9.17, 15) is 0 Å². The lowest BCUT2D eigenvalue weighted by Crippen LogP contribution is -2.55. The third kappa shape index (κ3) is 3.57. The summed E-state index contributed by atoms with van der Waals surface area (Å²) < 4.78 is 5.65. The van der Waals surface area contributed by atoms with Crippen LogP contribution in [0.1, 0.15) is 12.8 Å². The highest BCUT2D eigenvalue weighted by Gasteiger charge is 2.30. The minimum Gasteiger partial charge on any atom is -0.381 e. The van der Waals surface area contributed by atoms with Crippen molar-refractivity contribution in [1.82, 2.24) is 4.90 Å². The Morgan fingerprint density at radius 2 is 1.90 bits per heavy atom. The Labute approximate surface area is 127 Å². The van der Waals surface area contributed by atoms with Crippen molar-refractivity contribution < 1.29 is 4.74 Å². The molecule has 0 radical (unpaired) electrons. The average Bonchev–Trinajstić information content (AvgIpc) is 2.58. The van der Waals surface area contributed by atoms with Gasteiger partial charge in [0, 0.05) is 51.1 Å². The van der Waals surface area contributed by atoms with Crippen LogP contribution in [-0.2, 0) is 4.74 Å². The summed E-state index contributed by atoms with van der Waals surface area (Å²) in [5, 5.41) is 0. The van der Waals surface area contributed by atoms with Gasteiger partial charge in [0.1, 0.15) is 0 Å². The zero-order chi connectivity index (χ0) is 14.5. The molecule has 4 nitrogen and oxygen atoms in total. The normalized spacial score (nSPS) is 25.8. The maximum Gasteiger partial charge on any atom is 0.0509 e. The molecule has 0 bridgehead atoms. The standard InChI is InChI=1S/C17H27N3O/c18-13-17(15-5-4-12-21-14-15)20-10-8-19(9-11-20)16-6-2-1-3-7-16/h1-3,6-7,15,17H,4-5,8-14,18H2. The van der Waals surface area contributed by atoms with Crippen LogP contribution >= 0.6 is 0 Å². The molecule has 2 saturated heterocycles. The fourth-order valence-electron chi connectivity index (χ4n) is 3.66. The van der Waals surface area contributed by atoms with Gasteiger partial charge in [-0.2, -0.15) is 0 Å². The topological polar surface area (TPSA) is 41.7 Å². The average molecular weight is 289 g/mol. The summed E-state index contributed by atoms with van der Waals surface area (Å²) in [4.78, 5) is 5.06. The second-order valence-electron chi connectivity index (χ2n) is 6.14. The Morgan fingerprint density at radius 3 is 2.52 bits per heavy atom. The lowest BCUT2D eigenvalue weighted by molar-refractivity contribution is 0.00982. The molecule has 4 heteroatoms. The van der Waals surface area contributed by atoms with Gasteiger partial charge in [-0.15, -0.1) is 0 Å². The second-order valence-corrected chi connectivity index (χ2v) is 6.14. The van der Waals surface area contributed by atoms with Crippen LogP contribution in [0.15, 0.2) is 30.3 Å². The molecule has 2 N–H and O–H groups in total. The first-order chi connectivity index (χ1) is 10.4. The van der Waals surface area contributed by atoms with Crippen LogP contribution in [0.5, 0.6) is 0 Å². The van der Waals surface area contributed by atoms with E-state index in [1.165, 1.54) is 18.5 Å². The summed E-state index contributed by atoms with van der Waals surface area (Å²) in [5.41, 5.74) is 7.40. The summed E-state index contributed by atoms with van der Waals surface area (Å²) in [7, 11) is 0. The van der Waals surface area contributed by atoms with Crippen molar-refractivity contribution in [3.8, 4) is 0 Å². The van der Waals surface area contributed by atoms with Crippen LogP contribution in [0.4, 0.5) is 5.69 Å². The van der Waals surface area contributed by atoms with Gasteiger partial charge in [0.25, 0.3) is 0 Å². The first-order valence-electron chi connectivity index (χ1n) is 8.20. The van der Waals surface area contributed by atoms with Gasteiger partial charge in [0.05, 0.1) is 6.61 Å². The van der Waals surface area contributed by atoms with E-state index in [1.54, 1.807) is 0 Å². The number of piperazine rings is 1. The Hall–Kier alpha value is -1.10. The molecule has 1 aromatic carbocycles. The largest absolute Gasteiger partial charge is 0.381 e. The number of ether oxygens (including phenoxy) is 1. The molecule has 2 heterocycles. The molecular formula is C17H27N3O. The van der Waals surface area contributed by atoms with Gasteiger partial charge in [-0.3, -0.25) is 4.90 Å². The van der Waals surface area contributed by atoms with Gasteiger partial charge >= 0.3 is 0 Å². The molecule has 0 spiro atoms. The second kappa shape index (κ2) is 7.25. The molecule has 21 heavy (non-hydrogen) atoms. The number of benzene rings is 1. The monoisotopic (exact) mass is 289 g/mol. The molecule has 2 aliphatic rings. The zero-order valence-corrected chi connectivity index (χ0v) is 12.8. The molecule has 2 fully saturated rings. The number of hydrogen-bond acceptors (Lipinski definition) is 4. The molecule has 0 saturated carbocycles. The molecule has 1 aromatic rings. The minimum absolute atomic E-state index is 0.489. The third-order valence-electron chi connectivity index (χ3n) is 4.89. The number of para-hydroxylation sites is 1. The molecule has 3 rings (SSSR count). The Balaban J connectivity index is 1.56. The Kier molecular flexibility index (Phi) is 5.12. The van der Waals surface area contributed by atoms with Crippen LogP contribution in [0.25, 0.3) is 0 Å². The number of nitrogens with two attached hydrogens (primary N) is 1. The van der Waals surface area contributed by atoms with E-state index in [1.807, 2.05) is 0 Å². The van der Waals surface area contributed by atoms with Crippen LogP contribution in [-0.4, -0.2) is 56.9 Å². The predicted octanol–water partition coefficient (Wildman–Crippen LogP) is 1.56. The minimum atomic E-state index is 0.489. The summed E-state index contributed by atoms with van der Waals surface area (Å²) in [5.74, 6) is 0.618. The summed E-state index contributed by atoms with van der Waals surface area (Å²) in [6.45, 7) is 6.96. The highest BCUT2D eigenvalue weighted by molar-refractivity contribution is 5.46. The van der Waals surface area contributed by atoms with Crippen molar-refractivity contribution in [3.05, 3.63) is 30.3 Å². The molecule has 2 aliphatic heterocycles. The smallest absolute Gasteiger partial charge is 0.0509 e. The van der Waals surface area contributed by atoms with Gasteiger partial charge in [-0.1, -0.05) is 18.2 Å². The molecule has 0 aliphatic carbocycles. The molecular weight excluding hydrogens is 262 g/mol. The quantitative estimate of drug-likeness (QED) is 0.913. The van der Waals surface area contributed by atoms with Crippen LogP contribution in [0, 0.1) is 5.92 Å². The van der Waals surface area contributed by atoms with E-state index >= 15 is 0 Å². The van der Waals surface area contributed by atoms with E-state index in [0.717, 1.165) is 45.9 Å². The number of nitrogens with zero attached hydrogens (tertiary/aromatic N) is 2. The van der Waals surface area contributed by atoms with Gasteiger partial charge in [-0.25, -0.2) is 0 Å². The van der Waals surface area contributed by atoms with Crippen molar-refractivity contribution in [2.24, 2.45) is 11.7 Å². The third-order valence-corrected chi connectivity index (χ3v) is 4.89. The number of hydrogen-bond donors (Lipinski definition) is 1. The van der Waals surface area contributed by atoms with Crippen molar-refractivity contribution in [2.45, 2.75) is 18.9 Å². The molecule has 116 valence electrons. The Morgan fingerprint density at radius 1 is 1.14 bits per heavy atom. The predicted molar refractivity (Wildman–Crippen MR) is 86.6 cm³/mol. The van der Waals surface area contributed by atoms with E-state index in [2.05, 4.69) is 40.1 Å². The summed E-state index contributed by atoms with van der Waals surface area (Å²) in [6.07, 6.45) is 2.45. The fourth-order valence-corrected chi connectivity index (χ4v) is 3.66. The van der Waals surface area contributed by atoms with E-state index < -0.39 is 0 Å². The maximum atomic E-state index is 6.07. The number of anilines is 1. The zero-order valence-electron chi connectivity index (χ0n) is 12.8. The number of rotatable bonds is 4. The van der Waals surface area contributed by atoms with Crippen molar-refractivity contribution >= 4 is 5.69 Å². The van der Waals surface area contributed by atoms with E-state index in [4.69, 9.17) is 10.5 Å². The maximum absolute atomic E-state index is 6.07. The Bertz CT molecular complexity index is 411. The highest BCUT2D eigenvalue weighted by Crippen LogP contribution is 2.23. The molecule has 0 aromatic heterocycles. The first kappa shape index (κ1) is 14.8. The molecule has 2 unspecified atom stereocenters. The highest BCUT2D eigenvalue weighted by atomic mass is 16.5. The van der Waals surface area contributed by atoms with Crippen LogP contribution in [0.3, 0.4) is 0 Å².